The lowest BCUT2D eigenvalue weighted by atomic mass is 10.0. The van der Waals surface area contributed by atoms with Crippen molar-refractivity contribution < 1.29 is 0 Å². The number of benzene rings is 1. The van der Waals surface area contributed by atoms with E-state index in [9.17, 15) is 0 Å². The highest BCUT2D eigenvalue weighted by atomic mass is 15.3. The highest BCUT2D eigenvalue weighted by Crippen LogP contribution is 2.18. The smallest absolute Gasteiger partial charge is 0.0367 e. The van der Waals surface area contributed by atoms with Gasteiger partial charge in [-0.3, -0.25) is 4.90 Å². The van der Waals surface area contributed by atoms with Crippen molar-refractivity contribution in [3.05, 3.63) is 29.8 Å². The van der Waals surface area contributed by atoms with Crippen molar-refractivity contribution in [2.75, 3.05) is 44.2 Å². The van der Waals surface area contributed by atoms with Gasteiger partial charge in [0, 0.05) is 45.0 Å². The summed E-state index contributed by atoms with van der Waals surface area (Å²) in [6.45, 7) is 10.8. The quantitative estimate of drug-likeness (QED) is 0.879. The fourth-order valence-electron chi connectivity index (χ4n) is 2.73. The van der Waals surface area contributed by atoms with E-state index in [0.717, 1.165) is 45.2 Å². The van der Waals surface area contributed by atoms with Gasteiger partial charge in [0.05, 0.1) is 0 Å². The van der Waals surface area contributed by atoms with E-state index in [2.05, 4.69) is 47.9 Å². The normalized spacial score (nSPS) is 17.2. The van der Waals surface area contributed by atoms with Crippen molar-refractivity contribution in [2.45, 2.75) is 20.3 Å². The van der Waals surface area contributed by atoms with Gasteiger partial charge < -0.3 is 10.6 Å². The van der Waals surface area contributed by atoms with E-state index in [4.69, 9.17) is 5.73 Å². The number of nitrogens with zero attached hydrogens (tertiary/aromatic N) is 2. The minimum atomic E-state index is 0.727. The van der Waals surface area contributed by atoms with Crippen LogP contribution >= 0.6 is 0 Å². The van der Waals surface area contributed by atoms with Crippen LogP contribution in [0.5, 0.6) is 0 Å². The Bertz CT molecular complexity index is 364. The highest BCUT2D eigenvalue weighted by molar-refractivity contribution is 5.48. The first-order valence-electron chi connectivity index (χ1n) is 7.45. The molecule has 1 aliphatic rings. The molecule has 0 amide bonds. The van der Waals surface area contributed by atoms with Crippen molar-refractivity contribution >= 4 is 5.69 Å². The van der Waals surface area contributed by atoms with Crippen LogP contribution in [0.15, 0.2) is 24.3 Å². The topological polar surface area (TPSA) is 32.5 Å². The Morgan fingerprint density at radius 3 is 2.21 bits per heavy atom. The molecule has 1 saturated heterocycles. The zero-order chi connectivity index (χ0) is 13.7. The van der Waals surface area contributed by atoms with Gasteiger partial charge in [0.2, 0.25) is 0 Å². The predicted molar refractivity (Wildman–Crippen MR) is 82.7 cm³/mol. The number of piperazine rings is 1. The molecule has 1 aromatic carbocycles. The molecule has 1 fully saturated rings. The Balaban J connectivity index is 1.89. The molecule has 0 bridgehead atoms. The summed E-state index contributed by atoms with van der Waals surface area (Å²) in [5, 5.41) is 0. The van der Waals surface area contributed by atoms with Crippen molar-refractivity contribution in [1.82, 2.24) is 4.90 Å². The van der Waals surface area contributed by atoms with Crippen LogP contribution in [0, 0.1) is 5.92 Å². The Morgan fingerprint density at radius 2 is 1.68 bits per heavy atom. The van der Waals surface area contributed by atoms with Gasteiger partial charge >= 0.3 is 0 Å². The summed E-state index contributed by atoms with van der Waals surface area (Å²) in [6.07, 6.45) is 1.17. The third kappa shape index (κ3) is 4.22. The van der Waals surface area contributed by atoms with Crippen molar-refractivity contribution in [3.8, 4) is 0 Å². The Hall–Kier alpha value is -1.06. The van der Waals surface area contributed by atoms with E-state index in [0.29, 0.717) is 0 Å². The van der Waals surface area contributed by atoms with Gasteiger partial charge in [-0.1, -0.05) is 26.0 Å². The number of hydrogen-bond donors (Lipinski definition) is 1. The van der Waals surface area contributed by atoms with Crippen LogP contribution in [0.4, 0.5) is 5.69 Å². The summed E-state index contributed by atoms with van der Waals surface area (Å²) < 4.78 is 0. The first kappa shape index (κ1) is 14.4. The molecule has 0 saturated carbocycles. The van der Waals surface area contributed by atoms with Crippen LogP contribution in [-0.4, -0.2) is 44.2 Å². The van der Waals surface area contributed by atoms with Gasteiger partial charge in [-0.05, 0) is 30.0 Å². The predicted octanol–water partition coefficient (Wildman–Crippen LogP) is 1.97. The maximum Gasteiger partial charge on any atom is 0.0367 e. The average Bonchev–Trinajstić information content (AvgIpc) is 2.40. The molecule has 3 nitrogen and oxygen atoms in total. The second-order valence-corrected chi connectivity index (χ2v) is 5.88. The first-order chi connectivity index (χ1) is 9.19. The minimum absolute atomic E-state index is 0.727. The molecule has 2 N–H and O–H groups in total. The molecule has 3 heteroatoms. The monoisotopic (exact) mass is 261 g/mol. The number of rotatable bonds is 5. The number of anilines is 1. The highest BCUT2D eigenvalue weighted by Gasteiger charge is 2.16. The summed E-state index contributed by atoms with van der Waals surface area (Å²) in [7, 11) is 0. The molecular weight excluding hydrogens is 234 g/mol. The van der Waals surface area contributed by atoms with Gasteiger partial charge in [0.1, 0.15) is 0 Å². The van der Waals surface area contributed by atoms with Crippen molar-refractivity contribution in [1.29, 1.82) is 0 Å². The van der Waals surface area contributed by atoms with Gasteiger partial charge in [0.25, 0.3) is 0 Å². The lowest BCUT2D eigenvalue weighted by Crippen LogP contribution is -2.47. The summed E-state index contributed by atoms with van der Waals surface area (Å²) in [5.41, 5.74) is 8.41. The maximum atomic E-state index is 5.61. The lowest BCUT2D eigenvalue weighted by Gasteiger charge is -2.36. The standard InChI is InChI=1S/C16H27N3/c1-14(2)13-15-3-5-16(6-4-15)19-11-9-18(8-7-17)10-12-19/h3-6,14H,7-13,17H2,1-2H3. The van der Waals surface area contributed by atoms with Crippen LogP contribution in [0.3, 0.4) is 0 Å². The zero-order valence-electron chi connectivity index (χ0n) is 12.3. The molecular formula is C16H27N3. The minimum Gasteiger partial charge on any atom is -0.369 e. The third-order valence-corrected chi connectivity index (χ3v) is 3.76. The number of nitrogens with two attached hydrogens (primary N) is 1. The Kier molecular flexibility index (Phi) is 5.23. The van der Waals surface area contributed by atoms with E-state index < -0.39 is 0 Å². The summed E-state index contributed by atoms with van der Waals surface area (Å²) >= 11 is 0. The second kappa shape index (κ2) is 6.92. The fourth-order valence-corrected chi connectivity index (χ4v) is 2.73. The first-order valence-corrected chi connectivity index (χ1v) is 7.45. The molecule has 0 atom stereocenters. The van der Waals surface area contributed by atoms with Gasteiger partial charge in [-0.2, -0.15) is 0 Å². The summed E-state index contributed by atoms with van der Waals surface area (Å²) in [6, 6.07) is 9.11. The molecule has 0 aliphatic carbocycles. The largest absolute Gasteiger partial charge is 0.369 e. The van der Waals surface area contributed by atoms with E-state index in [1.54, 1.807) is 0 Å². The lowest BCUT2D eigenvalue weighted by molar-refractivity contribution is 0.265. The van der Waals surface area contributed by atoms with Gasteiger partial charge in [-0.25, -0.2) is 0 Å². The van der Waals surface area contributed by atoms with E-state index in [1.807, 2.05) is 0 Å². The molecule has 0 spiro atoms. The molecule has 0 radical (unpaired) electrons. The van der Waals surface area contributed by atoms with Crippen LogP contribution in [0.25, 0.3) is 0 Å². The van der Waals surface area contributed by atoms with Crippen molar-refractivity contribution in [3.63, 3.8) is 0 Å². The molecule has 19 heavy (non-hydrogen) atoms. The summed E-state index contributed by atoms with van der Waals surface area (Å²) in [5.74, 6) is 0.727. The van der Waals surface area contributed by atoms with Crippen molar-refractivity contribution in [2.24, 2.45) is 11.7 Å². The van der Waals surface area contributed by atoms with E-state index in [1.165, 1.54) is 17.7 Å². The molecule has 1 aliphatic heterocycles. The molecule has 0 aromatic heterocycles. The van der Waals surface area contributed by atoms with Gasteiger partial charge in [-0.15, -0.1) is 0 Å². The fraction of sp³-hybridized carbons (Fsp3) is 0.625. The second-order valence-electron chi connectivity index (χ2n) is 5.88. The maximum absolute atomic E-state index is 5.61. The average molecular weight is 261 g/mol. The van der Waals surface area contributed by atoms with Crippen LogP contribution < -0.4 is 10.6 Å². The molecule has 0 unspecified atom stereocenters. The molecule has 1 heterocycles. The van der Waals surface area contributed by atoms with Crippen LogP contribution in [0.2, 0.25) is 0 Å². The van der Waals surface area contributed by atoms with Crippen LogP contribution in [0.1, 0.15) is 19.4 Å². The number of hydrogen-bond acceptors (Lipinski definition) is 3. The zero-order valence-corrected chi connectivity index (χ0v) is 12.3. The Labute approximate surface area is 117 Å². The van der Waals surface area contributed by atoms with E-state index in [-0.39, 0.29) is 0 Å². The molecule has 2 rings (SSSR count). The van der Waals surface area contributed by atoms with Gasteiger partial charge in [0.15, 0.2) is 0 Å². The third-order valence-electron chi connectivity index (χ3n) is 3.76. The SMILES string of the molecule is CC(C)Cc1ccc(N2CCN(CCN)CC2)cc1. The molecule has 106 valence electrons. The summed E-state index contributed by atoms with van der Waals surface area (Å²) in [4.78, 5) is 4.93. The van der Waals surface area contributed by atoms with E-state index >= 15 is 0 Å². The molecule has 1 aromatic rings. The van der Waals surface area contributed by atoms with Crippen LogP contribution in [-0.2, 0) is 6.42 Å². The Morgan fingerprint density at radius 1 is 1.05 bits per heavy atom.